The van der Waals surface area contributed by atoms with Crippen LogP contribution in [-0.2, 0) is 34.2 Å². The molecule has 0 aliphatic heterocycles. The van der Waals surface area contributed by atoms with E-state index in [9.17, 15) is 30.9 Å². The van der Waals surface area contributed by atoms with Crippen molar-refractivity contribution < 1.29 is 35.7 Å². The quantitative estimate of drug-likeness (QED) is 0.287. The molecule has 8 nitrogen and oxygen atoms in total. The number of pyridine rings is 1. The number of nitrogens with two attached hydrogens (primary N) is 1. The number of aryl methyl sites for hydroxylation is 1. The van der Waals surface area contributed by atoms with Gasteiger partial charge in [-0.3, -0.25) is 9.35 Å². The van der Waals surface area contributed by atoms with Gasteiger partial charge in [0.15, 0.2) is 0 Å². The highest BCUT2D eigenvalue weighted by Crippen LogP contribution is 2.31. The zero-order valence-corrected chi connectivity index (χ0v) is 19.9. The standard InChI is InChI=1S/C24H24F3N3O5S/c1-15-6-8-16(9-7-15)13-35-23-17(10-11-21(30-23)24(25,26)27)12-29-22(31)19(14-36(32,33)34)18-4-2-3-5-20(18)28/h2-11,19H,12-14,28H2,1H3,(H,29,31)(H,32,33,34). The first-order chi connectivity index (χ1) is 16.8. The lowest BCUT2D eigenvalue weighted by Gasteiger charge is -2.19. The third kappa shape index (κ3) is 7.43. The molecule has 3 aromatic rings. The number of alkyl halides is 3. The van der Waals surface area contributed by atoms with Crippen LogP contribution < -0.4 is 15.8 Å². The lowest BCUT2D eigenvalue weighted by Crippen LogP contribution is -2.33. The van der Waals surface area contributed by atoms with E-state index in [4.69, 9.17) is 10.5 Å². The zero-order valence-electron chi connectivity index (χ0n) is 19.1. The SMILES string of the molecule is Cc1ccc(COc2nc(C(F)(F)F)ccc2CNC(=O)C(CS(=O)(=O)O)c2ccccc2N)cc1. The van der Waals surface area contributed by atoms with Crippen LogP contribution >= 0.6 is 0 Å². The minimum Gasteiger partial charge on any atom is -0.473 e. The average Bonchev–Trinajstić information content (AvgIpc) is 2.80. The van der Waals surface area contributed by atoms with Crippen molar-refractivity contribution in [3.63, 3.8) is 0 Å². The topological polar surface area (TPSA) is 132 Å². The van der Waals surface area contributed by atoms with Crippen LogP contribution in [0.4, 0.5) is 18.9 Å². The van der Waals surface area contributed by atoms with Gasteiger partial charge in [0, 0.05) is 17.8 Å². The lowest BCUT2D eigenvalue weighted by molar-refractivity contribution is -0.141. The third-order valence-corrected chi connectivity index (χ3v) is 6.00. The molecule has 0 aliphatic rings. The molecule has 0 aliphatic carbocycles. The predicted molar refractivity (Wildman–Crippen MR) is 127 cm³/mol. The molecule has 4 N–H and O–H groups in total. The first kappa shape index (κ1) is 27.0. The molecule has 1 heterocycles. The normalized spacial score (nSPS) is 12.7. The molecule has 0 fully saturated rings. The number of hydrogen-bond acceptors (Lipinski definition) is 6. The van der Waals surface area contributed by atoms with E-state index in [1.54, 1.807) is 24.3 Å². The smallest absolute Gasteiger partial charge is 0.433 e. The van der Waals surface area contributed by atoms with Gasteiger partial charge in [0.05, 0.1) is 11.7 Å². The number of carbonyl (C=O) groups excluding carboxylic acids is 1. The van der Waals surface area contributed by atoms with Crippen LogP contribution in [0, 0.1) is 6.92 Å². The maximum absolute atomic E-state index is 13.2. The van der Waals surface area contributed by atoms with Gasteiger partial charge in [-0.1, -0.05) is 48.0 Å². The Labute approximate surface area is 206 Å². The second kappa shape index (κ2) is 11.0. The first-order valence-electron chi connectivity index (χ1n) is 10.7. The van der Waals surface area contributed by atoms with E-state index in [2.05, 4.69) is 10.3 Å². The maximum Gasteiger partial charge on any atom is 0.433 e. The van der Waals surface area contributed by atoms with Crippen LogP contribution in [-0.4, -0.2) is 29.6 Å². The second-order valence-electron chi connectivity index (χ2n) is 8.08. The molecular weight excluding hydrogens is 499 g/mol. The van der Waals surface area contributed by atoms with Gasteiger partial charge in [0.1, 0.15) is 12.3 Å². The average molecular weight is 524 g/mol. The van der Waals surface area contributed by atoms with Crippen molar-refractivity contribution in [2.24, 2.45) is 0 Å². The molecule has 1 aromatic heterocycles. The highest BCUT2D eigenvalue weighted by molar-refractivity contribution is 7.85. The van der Waals surface area contributed by atoms with Crippen molar-refractivity contribution >= 4 is 21.7 Å². The zero-order chi connectivity index (χ0) is 26.5. The Bertz CT molecular complexity index is 1330. The summed E-state index contributed by atoms with van der Waals surface area (Å²) in [6.45, 7) is 1.50. The number of nitrogens with zero attached hydrogens (tertiary/aromatic N) is 1. The fourth-order valence-electron chi connectivity index (χ4n) is 3.37. The number of nitrogen functional groups attached to an aromatic ring is 1. The van der Waals surface area contributed by atoms with E-state index in [0.717, 1.165) is 17.7 Å². The molecule has 0 saturated carbocycles. The molecule has 3 rings (SSSR count). The van der Waals surface area contributed by atoms with Gasteiger partial charge in [-0.25, -0.2) is 4.98 Å². The lowest BCUT2D eigenvalue weighted by atomic mass is 9.98. The van der Waals surface area contributed by atoms with Crippen LogP contribution in [0.1, 0.15) is 33.9 Å². The number of benzene rings is 2. The number of amides is 1. The van der Waals surface area contributed by atoms with Crippen LogP contribution in [0.5, 0.6) is 5.88 Å². The highest BCUT2D eigenvalue weighted by atomic mass is 32.2. The molecule has 12 heteroatoms. The third-order valence-electron chi connectivity index (χ3n) is 5.24. The van der Waals surface area contributed by atoms with E-state index < -0.39 is 39.6 Å². The second-order valence-corrected chi connectivity index (χ2v) is 9.58. The molecule has 0 saturated heterocycles. The van der Waals surface area contributed by atoms with E-state index in [1.165, 1.54) is 12.1 Å². The van der Waals surface area contributed by atoms with Crippen molar-refractivity contribution in [2.75, 3.05) is 11.5 Å². The van der Waals surface area contributed by atoms with Crippen LogP contribution in [0.15, 0.2) is 60.7 Å². The molecule has 36 heavy (non-hydrogen) atoms. The Morgan fingerprint density at radius 1 is 1.11 bits per heavy atom. The number of ether oxygens (including phenoxy) is 1. The summed E-state index contributed by atoms with van der Waals surface area (Å²) in [5.41, 5.74) is 6.85. The molecule has 2 aromatic carbocycles. The summed E-state index contributed by atoms with van der Waals surface area (Å²) in [4.78, 5) is 16.5. The Balaban J connectivity index is 1.84. The van der Waals surface area contributed by atoms with E-state index >= 15 is 0 Å². The fourth-order valence-corrected chi connectivity index (χ4v) is 4.13. The Morgan fingerprint density at radius 2 is 1.78 bits per heavy atom. The summed E-state index contributed by atoms with van der Waals surface area (Å²) < 4.78 is 77.6. The molecule has 0 radical (unpaired) electrons. The molecule has 1 unspecified atom stereocenters. The largest absolute Gasteiger partial charge is 0.473 e. The number of aromatic nitrogens is 1. The summed E-state index contributed by atoms with van der Waals surface area (Å²) in [5.74, 6) is -3.44. The van der Waals surface area contributed by atoms with Gasteiger partial charge in [0.25, 0.3) is 10.1 Å². The van der Waals surface area contributed by atoms with Gasteiger partial charge in [-0.15, -0.1) is 0 Å². The van der Waals surface area contributed by atoms with Gasteiger partial charge in [-0.05, 0) is 36.2 Å². The number of nitrogens with one attached hydrogen (secondary N) is 1. The van der Waals surface area contributed by atoms with Crippen molar-refractivity contribution in [1.29, 1.82) is 0 Å². The number of halogens is 3. The monoisotopic (exact) mass is 523 g/mol. The van der Waals surface area contributed by atoms with Crippen LogP contribution in [0.3, 0.4) is 0 Å². The summed E-state index contributed by atoms with van der Waals surface area (Å²) in [7, 11) is -4.57. The number of hydrogen-bond donors (Lipinski definition) is 3. The molecule has 0 bridgehead atoms. The van der Waals surface area contributed by atoms with Crippen molar-refractivity contribution in [2.45, 2.75) is 32.2 Å². The minimum atomic E-state index is -4.71. The summed E-state index contributed by atoms with van der Waals surface area (Å²) in [6.07, 6.45) is -4.71. The summed E-state index contributed by atoms with van der Waals surface area (Å²) in [5, 5.41) is 2.48. The first-order valence-corrected chi connectivity index (χ1v) is 12.3. The number of anilines is 1. The number of rotatable bonds is 9. The van der Waals surface area contributed by atoms with Gasteiger partial charge in [-0.2, -0.15) is 21.6 Å². The van der Waals surface area contributed by atoms with Gasteiger partial charge in [0.2, 0.25) is 11.8 Å². The van der Waals surface area contributed by atoms with Crippen LogP contribution in [0.2, 0.25) is 0 Å². The van der Waals surface area contributed by atoms with Crippen molar-refractivity contribution in [1.82, 2.24) is 10.3 Å². The van der Waals surface area contributed by atoms with Crippen molar-refractivity contribution in [3.8, 4) is 5.88 Å². The molecule has 1 amide bonds. The number of para-hydroxylation sites is 1. The van der Waals surface area contributed by atoms with Crippen molar-refractivity contribution in [3.05, 3.63) is 88.6 Å². The molecule has 192 valence electrons. The number of carbonyl (C=O) groups is 1. The Hall–Kier alpha value is -3.64. The summed E-state index contributed by atoms with van der Waals surface area (Å²) in [6, 6.07) is 15.1. The van der Waals surface area contributed by atoms with E-state index in [1.807, 2.05) is 19.1 Å². The Kier molecular flexibility index (Phi) is 8.21. The fraction of sp³-hybridized carbons (Fsp3) is 0.250. The van der Waals surface area contributed by atoms with Crippen LogP contribution in [0.25, 0.3) is 0 Å². The molecule has 1 atom stereocenters. The predicted octanol–water partition coefficient (Wildman–Crippen LogP) is 3.86. The Morgan fingerprint density at radius 3 is 2.39 bits per heavy atom. The van der Waals surface area contributed by atoms with Gasteiger partial charge < -0.3 is 15.8 Å². The van der Waals surface area contributed by atoms with E-state index in [-0.39, 0.29) is 35.8 Å². The van der Waals surface area contributed by atoms with Gasteiger partial charge >= 0.3 is 6.18 Å². The summed E-state index contributed by atoms with van der Waals surface area (Å²) >= 11 is 0. The highest BCUT2D eigenvalue weighted by Gasteiger charge is 2.33. The molecular formula is C24H24F3N3O5S. The van der Waals surface area contributed by atoms with E-state index in [0.29, 0.717) is 5.56 Å². The minimum absolute atomic E-state index is 0.0680. The molecule has 0 spiro atoms. The maximum atomic E-state index is 13.2.